The summed E-state index contributed by atoms with van der Waals surface area (Å²) in [7, 11) is 0. The van der Waals surface area contributed by atoms with Gasteiger partial charge in [-0.05, 0) is 69.7 Å². The molecule has 0 bridgehead atoms. The molecule has 1 amide bonds. The minimum Gasteiger partial charge on any atom is -0.367 e. The Kier molecular flexibility index (Phi) is 7.08. The van der Waals surface area contributed by atoms with E-state index in [2.05, 4.69) is 32.8 Å². The summed E-state index contributed by atoms with van der Waals surface area (Å²) in [6.07, 6.45) is 9.29. The molecule has 4 heterocycles. The molecule has 40 heavy (non-hydrogen) atoms. The minimum atomic E-state index is -1.37. The van der Waals surface area contributed by atoms with Crippen molar-refractivity contribution in [3.05, 3.63) is 81.1 Å². The summed E-state index contributed by atoms with van der Waals surface area (Å²) >= 11 is 6.03. The zero-order valence-corrected chi connectivity index (χ0v) is 23.2. The van der Waals surface area contributed by atoms with Crippen molar-refractivity contribution in [3.63, 3.8) is 0 Å². The maximum absolute atomic E-state index is 14.0. The highest BCUT2D eigenvalue weighted by molar-refractivity contribution is 6.30. The zero-order valence-electron chi connectivity index (χ0n) is 22.5. The fraction of sp³-hybridized carbons (Fsp3) is 0.400. The summed E-state index contributed by atoms with van der Waals surface area (Å²) in [6.45, 7) is 3.98. The topological polar surface area (TPSA) is 93.3 Å². The van der Waals surface area contributed by atoms with Crippen LogP contribution in [0.1, 0.15) is 61.8 Å². The molecule has 1 aliphatic carbocycles. The van der Waals surface area contributed by atoms with Gasteiger partial charge in [0.25, 0.3) is 5.91 Å². The van der Waals surface area contributed by atoms with Gasteiger partial charge in [-0.15, -0.1) is 0 Å². The van der Waals surface area contributed by atoms with Gasteiger partial charge in [0, 0.05) is 36.6 Å². The number of aromatic nitrogens is 3. The van der Waals surface area contributed by atoms with Crippen LogP contribution < -0.4 is 16.3 Å². The van der Waals surface area contributed by atoms with E-state index >= 15 is 0 Å². The lowest BCUT2D eigenvalue weighted by Crippen LogP contribution is -2.39. The Bertz CT molecular complexity index is 1610. The van der Waals surface area contributed by atoms with Gasteiger partial charge in [-0.25, -0.2) is 9.18 Å². The summed E-state index contributed by atoms with van der Waals surface area (Å²) in [5, 5.41) is 6.69. The number of rotatable bonds is 6. The van der Waals surface area contributed by atoms with Crippen molar-refractivity contribution in [2.45, 2.75) is 64.5 Å². The molecule has 208 valence electrons. The predicted octanol–water partition coefficient (Wildman–Crippen LogP) is 5.25. The normalized spacial score (nSPS) is 24.7. The molecule has 0 saturated heterocycles. The van der Waals surface area contributed by atoms with E-state index in [0.29, 0.717) is 17.5 Å². The van der Waals surface area contributed by atoms with Crippen LogP contribution in [0.2, 0.25) is 5.02 Å². The highest BCUT2D eigenvalue weighted by Crippen LogP contribution is 2.30. The number of para-hydroxylation sites is 2. The molecule has 1 aromatic carbocycles. The second-order valence-electron chi connectivity index (χ2n) is 11.0. The summed E-state index contributed by atoms with van der Waals surface area (Å²) in [6, 6.07) is 9.31. The third kappa shape index (κ3) is 4.98. The molecular weight excluding hydrogens is 531 g/mol. The van der Waals surface area contributed by atoms with E-state index in [4.69, 9.17) is 11.6 Å². The number of aliphatic imine (C=N–C) groups is 1. The number of dihydropyridines is 1. The molecule has 2 aromatic heterocycles. The van der Waals surface area contributed by atoms with E-state index in [1.165, 1.54) is 19.2 Å². The Morgan fingerprint density at radius 1 is 1.20 bits per heavy atom. The van der Waals surface area contributed by atoms with Crippen molar-refractivity contribution in [3.8, 4) is 0 Å². The number of fused-ring (bicyclic) bond motifs is 2. The Morgan fingerprint density at radius 2 is 1.95 bits per heavy atom. The highest BCUT2D eigenvalue weighted by atomic mass is 35.5. The molecule has 3 unspecified atom stereocenters. The Morgan fingerprint density at radius 3 is 2.70 bits per heavy atom. The molecular formula is C30H32ClFN6O2. The summed E-state index contributed by atoms with van der Waals surface area (Å²) in [5.74, 6) is 0.0538. The number of carbonyl (C=O) groups excluding carboxylic acids is 1. The molecule has 1 saturated carbocycles. The predicted molar refractivity (Wildman–Crippen MR) is 155 cm³/mol. The number of imidazole rings is 1. The van der Waals surface area contributed by atoms with Crippen LogP contribution >= 0.6 is 11.6 Å². The fourth-order valence-corrected chi connectivity index (χ4v) is 6.31. The van der Waals surface area contributed by atoms with Crippen LogP contribution in [0.25, 0.3) is 16.7 Å². The van der Waals surface area contributed by atoms with Crippen LogP contribution in [-0.4, -0.2) is 38.4 Å². The van der Waals surface area contributed by atoms with Crippen LogP contribution in [0.4, 0.5) is 4.39 Å². The number of benzene rings is 1. The molecule has 8 nitrogen and oxygen atoms in total. The monoisotopic (exact) mass is 562 g/mol. The van der Waals surface area contributed by atoms with E-state index < -0.39 is 6.17 Å². The fourth-order valence-electron chi connectivity index (χ4n) is 6.16. The lowest BCUT2D eigenvalue weighted by Gasteiger charge is -2.29. The number of carbonyl (C=O) groups is 1. The quantitative estimate of drug-likeness (QED) is 0.429. The SMILES string of the molecule is CC1=CC2C=C(n3c(=O)n(CC4CCC(NC(=O)c5cc(Cl)cnc5C(C)F)CC4)c4ccccc43)C=NC2N1. The van der Waals surface area contributed by atoms with Crippen LogP contribution in [0.5, 0.6) is 0 Å². The summed E-state index contributed by atoms with van der Waals surface area (Å²) in [4.78, 5) is 35.4. The van der Waals surface area contributed by atoms with Crippen molar-refractivity contribution < 1.29 is 9.18 Å². The number of nitrogens with one attached hydrogen (secondary N) is 2. The number of alkyl halides is 1. The van der Waals surface area contributed by atoms with Gasteiger partial charge in [0.1, 0.15) is 12.3 Å². The lowest BCUT2D eigenvalue weighted by molar-refractivity contribution is 0.0917. The first-order valence-corrected chi connectivity index (χ1v) is 14.2. The second-order valence-corrected chi connectivity index (χ2v) is 11.4. The van der Waals surface area contributed by atoms with Crippen molar-refractivity contribution >= 4 is 40.5 Å². The van der Waals surface area contributed by atoms with Crippen molar-refractivity contribution in [1.82, 2.24) is 24.8 Å². The molecule has 1 fully saturated rings. The standard InChI is InChI=1S/C30H32ClFN6O2/c1-17-11-20-12-23(15-34-28(20)35-17)38-26-6-4-3-5-25(26)37(30(38)40)16-19-7-9-22(10-8-19)36-29(39)24-13-21(31)14-33-27(24)18(2)32/h3-6,11-15,18-20,22,28,35H,7-10,16H2,1-2H3,(H,36,39). The van der Waals surface area contributed by atoms with Crippen molar-refractivity contribution in [2.24, 2.45) is 16.8 Å². The summed E-state index contributed by atoms with van der Waals surface area (Å²) < 4.78 is 17.7. The molecule has 0 spiro atoms. The Balaban J connectivity index is 1.17. The summed E-state index contributed by atoms with van der Waals surface area (Å²) in [5.41, 5.74) is 3.85. The first-order valence-electron chi connectivity index (χ1n) is 13.8. The van der Waals surface area contributed by atoms with E-state index in [0.717, 1.165) is 48.1 Å². The largest absolute Gasteiger partial charge is 0.367 e. The number of nitrogens with zero attached hydrogens (tertiary/aromatic N) is 4. The first-order chi connectivity index (χ1) is 19.3. The Hall–Kier alpha value is -3.72. The maximum atomic E-state index is 14.0. The Labute approximate surface area is 236 Å². The molecule has 2 aliphatic heterocycles. The number of pyridine rings is 1. The molecule has 0 radical (unpaired) electrons. The molecule has 10 heteroatoms. The van der Waals surface area contributed by atoms with Crippen LogP contribution in [0.3, 0.4) is 0 Å². The average molecular weight is 563 g/mol. The number of amides is 1. The van der Waals surface area contributed by atoms with Gasteiger partial charge < -0.3 is 10.6 Å². The first kappa shape index (κ1) is 26.5. The van der Waals surface area contributed by atoms with Crippen molar-refractivity contribution in [2.75, 3.05) is 0 Å². The van der Waals surface area contributed by atoms with E-state index in [9.17, 15) is 14.0 Å². The molecule has 6 rings (SSSR count). The van der Waals surface area contributed by atoms with Crippen LogP contribution in [-0.2, 0) is 6.54 Å². The number of allylic oxidation sites excluding steroid dienone is 2. The molecule has 3 aromatic rings. The number of hydrogen-bond donors (Lipinski definition) is 2. The van der Waals surface area contributed by atoms with Gasteiger partial charge in [0.15, 0.2) is 0 Å². The van der Waals surface area contributed by atoms with Gasteiger partial charge >= 0.3 is 5.69 Å². The number of halogens is 2. The van der Waals surface area contributed by atoms with Gasteiger partial charge in [-0.3, -0.25) is 23.9 Å². The third-order valence-electron chi connectivity index (χ3n) is 8.14. The van der Waals surface area contributed by atoms with Gasteiger partial charge in [-0.1, -0.05) is 29.8 Å². The molecule has 3 atom stereocenters. The average Bonchev–Trinajstić information content (AvgIpc) is 3.44. The third-order valence-corrected chi connectivity index (χ3v) is 8.34. The van der Waals surface area contributed by atoms with Crippen molar-refractivity contribution in [1.29, 1.82) is 0 Å². The second kappa shape index (κ2) is 10.7. The van der Waals surface area contributed by atoms with E-state index in [1.807, 2.05) is 35.8 Å². The van der Waals surface area contributed by atoms with Gasteiger partial charge in [0.2, 0.25) is 0 Å². The van der Waals surface area contributed by atoms with Crippen LogP contribution in [0.15, 0.2) is 64.2 Å². The number of hydrogen-bond acceptors (Lipinski definition) is 5. The van der Waals surface area contributed by atoms with E-state index in [1.54, 1.807) is 10.8 Å². The van der Waals surface area contributed by atoms with E-state index in [-0.39, 0.29) is 41.0 Å². The zero-order chi connectivity index (χ0) is 28.0. The molecule has 2 N–H and O–H groups in total. The smallest absolute Gasteiger partial charge is 0.333 e. The molecule has 3 aliphatic rings. The maximum Gasteiger partial charge on any atom is 0.333 e. The van der Waals surface area contributed by atoms with Gasteiger partial charge in [-0.2, -0.15) is 0 Å². The lowest BCUT2D eigenvalue weighted by atomic mass is 9.85. The minimum absolute atomic E-state index is 0.00872. The van der Waals surface area contributed by atoms with Gasteiger partial charge in [0.05, 0.1) is 33.0 Å². The van der Waals surface area contributed by atoms with Crippen LogP contribution in [0, 0.1) is 11.8 Å². The highest BCUT2D eigenvalue weighted by Gasteiger charge is 2.29.